The van der Waals surface area contributed by atoms with Crippen molar-refractivity contribution in [3.63, 3.8) is 0 Å². The van der Waals surface area contributed by atoms with E-state index in [0.717, 1.165) is 24.0 Å². The average Bonchev–Trinajstić information content (AvgIpc) is 2.87. The van der Waals surface area contributed by atoms with E-state index >= 15 is 0 Å². The van der Waals surface area contributed by atoms with E-state index in [-0.39, 0.29) is 5.97 Å². The van der Waals surface area contributed by atoms with Crippen molar-refractivity contribution in [3.05, 3.63) is 30.5 Å². The Morgan fingerprint density at radius 2 is 2.16 bits per heavy atom. The topological polar surface area (TPSA) is 54.6 Å². The first kappa shape index (κ1) is 12.2. The first-order chi connectivity index (χ1) is 9.31. The number of carbonyl (C=O) groups excluding carboxylic acids is 1. The summed E-state index contributed by atoms with van der Waals surface area (Å²) in [6, 6.07) is 7.53. The van der Waals surface area contributed by atoms with Crippen LogP contribution in [-0.2, 0) is 9.53 Å². The summed E-state index contributed by atoms with van der Waals surface area (Å²) in [5, 5.41) is 1.04. The largest absolute Gasteiger partial charge is 0.426 e. The molecule has 3 rings (SSSR count). The number of nitrogens with zero attached hydrogens (tertiary/aromatic N) is 1. The van der Waals surface area contributed by atoms with Gasteiger partial charge in [0.1, 0.15) is 5.75 Å². The molecule has 1 fully saturated rings. The molecule has 0 atom stereocenters. The van der Waals surface area contributed by atoms with Crippen molar-refractivity contribution >= 4 is 16.9 Å². The summed E-state index contributed by atoms with van der Waals surface area (Å²) < 4.78 is 10.6. The first-order valence-corrected chi connectivity index (χ1v) is 6.39. The molecule has 100 valence electrons. The number of H-pyrrole nitrogens is 1. The number of hydrogen-bond donors (Lipinski definition) is 1. The van der Waals surface area contributed by atoms with E-state index in [1.54, 1.807) is 6.07 Å². The smallest absolute Gasteiger partial charge is 0.325 e. The minimum atomic E-state index is -0.225. The molecule has 0 unspecified atom stereocenters. The molecule has 19 heavy (non-hydrogen) atoms. The van der Waals surface area contributed by atoms with Crippen molar-refractivity contribution in [2.75, 3.05) is 32.8 Å². The second-order valence-corrected chi connectivity index (χ2v) is 4.59. The van der Waals surface area contributed by atoms with E-state index in [4.69, 9.17) is 9.47 Å². The highest BCUT2D eigenvalue weighted by Gasteiger charge is 2.15. The number of carbonyl (C=O) groups is 1. The van der Waals surface area contributed by atoms with Crippen LogP contribution in [0.2, 0.25) is 0 Å². The molecular formula is C14H16N2O3. The molecule has 0 amide bonds. The van der Waals surface area contributed by atoms with Crippen molar-refractivity contribution in [1.82, 2.24) is 9.88 Å². The SMILES string of the molecule is O=C(CN1CCOCC1)Oc1ccc2[nH]ccc2c1. The number of hydrogen-bond acceptors (Lipinski definition) is 4. The first-order valence-electron chi connectivity index (χ1n) is 6.39. The minimum Gasteiger partial charge on any atom is -0.426 e. The number of aromatic nitrogens is 1. The number of nitrogens with one attached hydrogen (secondary N) is 1. The summed E-state index contributed by atoms with van der Waals surface area (Å²) in [6.45, 7) is 3.25. The Hall–Kier alpha value is -1.85. The van der Waals surface area contributed by atoms with Crippen LogP contribution in [0, 0.1) is 0 Å². The van der Waals surface area contributed by atoms with Crippen LogP contribution in [0.1, 0.15) is 0 Å². The lowest BCUT2D eigenvalue weighted by Crippen LogP contribution is -2.40. The van der Waals surface area contributed by atoms with E-state index in [0.29, 0.717) is 25.5 Å². The number of fused-ring (bicyclic) bond motifs is 1. The number of benzene rings is 1. The highest BCUT2D eigenvalue weighted by molar-refractivity contribution is 5.82. The normalized spacial score (nSPS) is 16.6. The van der Waals surface area contributed by atoms with Crippen LogP contribution >= 0.6 is 0 Å². The summed E-state index contributed by atoms with van der Waals surface area (Å²) in [6.07, 6.45) is 1.87. The molecular weight excluding hydrogens is 244 g/mol. The predicted octanol–water partition coefficient (Wildman–Crippen LogP) is 1.41. The fourth-order valence-electron chi connectivity index (χ4n) is 2.20. The number of aromatic amines is 1. The highest BCUT2D eigenvalue weighted by Crippen LogP contribution is 2.19. The minimum absolute atomic E-state index is 0.225. The third-order valence-corrected chi connectivity index (χ3v) is 3.21. The van der Waals surface area contributed by atoms with Gasteiger partial charge >= 0.3 is 5.97 Å². The van der Waals surface area contributed by atoms with Crippen molar-refractivity contribution < 1.29 is 14.3 Å². The van der Waals surface area contributed by atoms with Gasteiger partial charge in [-0.15, -0.1) is 0 Å². The Labute approximate surface area is 111 Å². The molecule has 0 bridgehead atoms. The molecule has 5 heteroatoms. The molecule has 5 nitrogen and oxygen atoms in total. The second-order valence-electron chi connectivity index (χ2n) is 4.59. The molecule has 0 radical (unpaired) electrons. The van der Waals surface area contributed by atoms with Crippen LogP contribution in [0.4, 0.5) is 0 Å². The Balaban J connectivity index is 1.61. The molecule has 0 aliphatic carbocycles. The van der Waals surface area contributed by atoms with Gasteiger partial charge in [0, 0.05) is 30.2 Å². The third-order valence-electron chi connectivity index (χ3n) is 3.21. The zero-order valence-corrected chi connectivity index (χ0v) is 10.6. The fraction of sp³-hybridized carbons (Fsp3) is 0.357. The number of ether oxygens (including phenoxy) is 2. The monoisotopic (exact) mass is 260 g/mol. The van der Waals surface area contributed by atoms with Crippen molar-refractivity contribution in [1.29, 1.82) is 0 Å². The Bertz CT molecular complexity index is 573. The van der Waals surface area contributed by atoms with Crippen molar-refractivity contribution in [2.24, 2.45) is 0 Å². The summed E-state index contributed by atoms with van der Waals surface area (Å²) >= 11 is 0. The number of rotatable bonds is 3. The molecule has 1 aliphatic heterocycles. The highest BCUT2D eigenvalue weighted by atomic mass is 16.5. The van der Waals surface area contributed by atoms with Crippen LogP contribution < -0.4 is 4.74 Å². The van der Waals surface area contributed by atoms with Gasteiger partial charge in [-0.2, -0.15) is 0 Å². The maximum Gasteiger partial charge on any atom is 0.325 e. The molecule has 2 aromatic rings. The second kappa shape index (κ2) is 5.42. The number of esters is 1. The lowest BCUT2D eigenvalue weighted by atomic mass is 10.2. The van der Waals surface area contributed by atoms with Crippen LogP contribution in [0.5, 0.6) is 5.75 Å². The van der Waals surface area contributed by atoms with E-state index < -0.39 is 0 Å². The van der Waals surface area contributed by atoms with E-state index in [1.807, 2.05) is 29.3 Å². The summed E-state index contributed by atoms with van der Waals surface area (Å²) in [7, 11) is 0. The molecule has 1 saturated heterocycles. The lowest BCUT2D eigenvalue weighted by Gasteiger charge is -2.25. The van der Waals surface area contributed by atoms with Gasteiger partial charge < -0.3 is 14.5 Å². The summed E-state index contributed by atoms with van der Waals surface area (Å²) in [4.78, 5) is 17.0. The molecule has 0 saturated carbocycles. The van der Waals surface area contributed by atoms with Gasteiger partial charge in [0.25, 0.3) is 0 Å². The van der Waals surface area contributed by atoms with Crippen molar-refractivity contribution in [3.8, 4) is 5.75 Å². The maximum absolute atomic E-state index is 11.8. The van der Waals surface area contributed by atoms with Gasteiger partial charge in [-0.1, -0.05) is 0 Å². The fourth-order valence-corrected chi connectivity index (χ4v) is 2.20. The summed E-state index contributed by atoms with van der Waals surface area (Å²) in [5.41, 5.74) is 1.04. The Kier molecular flexibility index (Phi) is 3.48. The quantitative estimate of drug-likeness (QED) is 0.669. The van der Waals surface area contributed by atoms with E-state index in [2.05, 4.69) is 4.98 Å². The lowest BCUT2D eigenvalue weighted by molar-refractivity contribution is -0.136. The van der Waals surface area contributed by atoms with Crippen molar-refractivity contribution in [2.45, 2.75) is 0 Å². The van der Waals surface area contributed by atoms with Crippen LogP contribution in [0.3, 0.4) is 0 Å². The molecule has 1 N–H and O–H groups in total. The van der Waals surface area contributed by atoms with Gasteiger partial charge in [-0.3, -0.25) is 9.69 Å². The Morgan fingerprint density at radius 1 is 1.32 bits per heavy atom. The van der Waals surface area contributed by atoms with Gasteiger partial charge in [-0.05, 0) is 24.3 Å². The molecule has 0 spiro atoms. The van der Waals surface area contributed by atoms with Gasteiger partial charge in [0.15, 0.2) is 0 Å². The molecule has 1 aromatic heterocycles. The van der Waals surface area contributed by atoms with Crippen LogP contribution in [0.15, 0.2) is 30.5 Å². The molecule has 1 aromatic carbocycles. The van der Waals surface area contributed by atoms with Gasteiger partial charge in [0.05, 0.1) is 19.8 Å². The van der Waals surface area contributed by atoms with E-state index in [1.165, 1.54) is 0 Å². The third kappa shape index (κ3) is 2.94. The zero-order valence-electron chi connectivity index (χ0n) is 10.6. The molecule has 1 aliphatic rings. The maximum atomic E-state index is 11.8. The average molecular weight is 260 g/mol. The van der Waals surface area contributed by atoms with Gasteiger partial charge in [-0.25, -0.2) is 0 Å². The van der Waals surface area contributed by atoms with Crippen LogP contribution in [-0.4, -0.2) is 48.7 Å². The summed E-state index contributed by atoms with van der Waals surface area (Å²) in [5.74, 6) is 0.363. The standard InChI is InChI=1S/C14H16N2O3/c17-14(10-16-5-7-18-8-6-16)19-12-1-2-13-11(9-12)3-4-15-13/h1-4,9,15H,5-8,10H2. The predicted molar refractivity (Wildman–Crippen MR) is 71.2 cm³/mol. The van der Waals surface area contributed by atoms with E-state index in [9.17, 15) is 4.79 Å². The Morgan fingerprint density at radius 3 is 3.00 bits per heavy atom. The van der Waals surface area contributed by atoms with Crippen LogP contribution in [0.25, 0.3) is 10.9 Å². The van der Waals surface area contributed by atoms with Gasteiger partial charge in [0.2, 0.25) is 0 Å². The number of morpholine rings is 1. The zero-order chi connectivity index (χ0) is 13.1. The molecule has 2 heterocycles.